The Hall–Kier alpha value is -1.91. The number of carboxylic acids is 1. The minimum Gasteiger partial charge on any atom is -0.478 e. The summed E-state index contributed by atoms with van der Waals surface area (Å²) in [6, 6.07) is 2.95. The second kappa shape index (κ2) is 6.31. The number of nitrogens with zero attached hydrogens (tertiary/aromatic N) is 1. The zero-order valence-electron chi connectivity index (χ0n) is 11.7. The Kier molecular flexibility index (Phi) is 5.03. The van der Waals surface area contributed by atoms with E-state index in [2.05, 4.69) is 10.3 Å². The topological polar surface area (TPSA) is 79.3 Å². The molecule has 0 fully saturated rings. The lowest BCUT2D eigenvalue weighted by molar-refractivity contribution is 0.0694. The molecule has 104 valence electrons. The second-order valence-corrected chi connectivity index (χ2v) is 4.87. The standard InChI is InChI=1S/C14H20N2O3/c1-5-11(8(2)3)16-13(17)12-7-6-10(14(18)19)9(4)15-12/h6-8,11H,5H2,1-4H3,(H,16,17)(H,18,19). The molecule has 0 radical (unpaired) electrons. The fourth-order valence-electron chi connectivity index (χ4n) is 1.90. The summed E-state index contributed by atoms with van der Waals surface area (Å²) < 4.78 is 0. The molecule has 0 saturated carbocycles. The Morgan fingerprint density at radius 2 is 2.00 bits per heavy atom. The highest BCUT2D eigenvalue weighted by Gasteiger charge is 2.17. The van der Waals surface area contributed by atoms with E-state index in [-0.39, 0.29) is 23.2 Å². The van der Waals surface area contributed by atoms with Crippen LogP contribution in [0.15, 0.2) is 12.1 Å². The molecule has 19 heavy (non-hydrogen) atoms. The van der Waals surface area contributed by atoms with Crippen LogP contribution in [-0.2, 0) is 0 Å². The van der Waals surface area contributed by atoms with E-state index in [0.29, 0.717) is 11.6 Å². The second-order valence-electron chi connectivity index (χ2n) is 4.87. The van der Waals surface area contributed by atoms with Crippen molar-refractivity contribution in [1.29, 1.82) is 0 Å². The van der Waals surface area contributed by atoms with Crippen LogP contribution in [0.1, 0.15) is 53.7 Å². The van der Waals surface area contributed by atoms with E-state index in [1.165, 1.54) is 12.1 Å². The van der Waals surface area contributed by atoms with Gasteiger partial charge in [-0.05, 0) is 31.4 Å². The minimum absolute atomic E-state index is 0.0914. The number of hydrogen-bond donors (Lipinski definition) is 2. The van der Waals surface area contributed by atoms with Gasteiger partial charge in [0.05, 0.1) is 11.3 Å². The minimum atomic E-state index is -1.04. The van der Waals surface area contributed by atoms with E-state index < -0.39 is 5.97 Å². The number of hydrogen-bond acceptors (Lipinski definition) is 3. The molecule has 5 heteroatoms. The molecule has 0 aliphatic rings. The quantitative estimate of drug-likeness (QED) is 0.855. The summed E-state index contributed by atoms with van der Waals surface area (Å²) in [5, 5.41) is 11.8. The molecule has 0 saturated heterocycles. The number of aromatic carboxylic acids is 1. The number of rotatable bonds is 5. The van der Waals surface area contributed by atoms with Crippen LogP contribution in [0, 0.1) is 12.8 Å². The monoisotopic (exact) mass is 264 g/mol. The zero-order valence-corrected chi connectivity index (χ0v) is 11.7. The first-order valence-electron chi connectivity index (χ1n) is 6.38. The average molecular weight is 264 g/mol. The van der Waals surface area contributed by atoms with Crippen molar-refractivity contribution in [2.45, 2.75) is 40.2 Å². The van der Waals surface area contributed by atoms with E-state index in [4.69, 9.17) is 5.11 Å². The molecule has 0 aliphatic carbocycles. The summed E-state index contributed by atoms with van der Waals surface area (Å²) in [5.74, 6) is -0.959. The number of carbonyl (C=O) groups is 2. The van der Waals surface area contributed by atoms with E-state index in [0.717, 1.165) is 6.42 Å². The highest BCUT2D eigenvalue weighted by molar-refractivity contribution is 5.94. The number of carbonyl (C=O) groups excluding carboxylic acids is 1. The molecule has 0 bridgehead atoms. The van der Waals surface area contributed by atoms with Gasteiger partial charge < -0.3 is 10.4 Å². The van der Waals surface area contributed by atoms with E-state index in [1.54, 1.807) is 6.92 Å². The van der Waals surface area contributed by atoms with Crippen molar-refractivity contribution in [3.05, 3.63) is 29.1 Å². The van der Waals surface area contributed by atoms with Gasteiger partial charge >= 0.3 is 5.97 Å². The molecule has 0 spiro atoms. The molecule has 5 nitrogen and oxygen atoms in total. The number of aryl methyl sites for hydroxylation is 1. The summed E-state index contributed by atoms with van der Waals surface area (Å²) in [4.78, 5) is 27.0. The number of aromatic nitrogens is 1. The lowest BCUT2D eigenvalue weighted by Crippen LogP contribution is -2.38. The predicted octanol–water partition coefficient (Wildman–Crippen LogP) is 2.25. The van der Waals surface area contributed by atoms with Crippen molar-refractivity contribution in [3.63, 3.8) is 0 Å². The first-order chi connectivity index (χ1) is 8.86. The van der Waals surface area contributed by atoms with E-state index >= 15 is 0 Å². The van der Waals surface area contributed by atoms with Gasteiger partial charge in [-0.2, -0.15) is 0 Å². The third-order valence-electron chi connectivity index (χ3n) is 3.11. The molecule has 0 aromatic carbocycles. The summed E-state index contributed by atoms with van der Waals surface area (Å²) in [6.45, 7) is 7.68. The first kappa shape index (κ1) is 15.1. The smallest absolute Gasteiger partial charge is 0.337 e. The maximum atomic E-state index is 12.0. The largest absolute Gasteiger partial charge is 0.478 e. The fraction of sp³-hybridized carbons (Fsp3) is 0.500. The number of pyridine rings is 1. The number of nitrogens with one attached hydrogen (secondary N) is 1. The number of carboxylic acid groups (broad SMARTS) is 1. The summed E-state index contributed by atoms with van der Waals surface area (Å²) in [6.07, 6.45) is 0.843. The van der Waals surface area contributed by atoms with Crippen LogP contribution >= 0.6 is 0 Å². The van der Waals surface area contributed by atoms with Crippen LogP contribution in [-0.4, -0.2) is 28.0 Å². The van der Waals surface area contributed by atoms with Gasteiger partial charge in [-0.25, -0.2) is 9.78 Å². The maximum Gasteiger partial charge on any atom is 0.337 e. The molecule has 0 aliphatic heterocycles. The molecule has 1 amide bonds. The third kappa shape index (κ3) is 3.77. The molecule has 1 heterocycles. The van der Waals surface area contributed by atoms with Crippen molar-refractivity contribution in [1.82, 2.24) is 10.3 Å². The lowest BCUT2D eigenvalue weighted by Gasteiger charge is -2.20. The Bertz CT molecular complexity index is 484. The zero-order chi connectivity index (χ0) is 14.6. The van der Waals surface area contributed by atoms with Gasteiger partial charge in [-0.1, -0.05) is 20.8 Å². The Balaban J connectivity index is 2.89. The Morgan fingerprint density at radius 1 is 1.37 bits per heavy atom. The number of amides is 1. The van der Waals surface area contributed by atoms with Gasteiger partial charge in [0.2, 0.25) is 0 Å². The van der Waals surface area contributed by atoms with Crippen molar-refractivity contribution >= 4 is 11.9 Å². The van der Waals surface area contributed by atoms with Crippen LogP contribution in [0.4, 0.5) is 0 Å². The Morgan fingerprint density at radius 3 is 2.42 bits per heavy atom. The van der Waals surface area contributed by atoms with Gasteiger partial charge in [-0.3, -0.25) is 4.79 Å². The molecule has 1 unspecified atom stereocenters. The van der Waals surface area contributed by atoms with Crippen molar-refractivity contribution < 1.29 is 14.7 Å². The summed E-state index contributed by atoms with van der Waals surface area (Å²) >= 11 is 0. The van der Waals surface area contributed by atoms with Crippen LogP contribution in [0.2, 0.25) is 0 Å². The SMILES string of the molecule is CCC(NC(=O)c1ccc(C(=O)O)c(C)n1)C(C)C. The highest BCUT2D eigenvalue weighted by Crippen LogP contribution is 2.09. The fourth-order valence-corrected chi connectivity index (χ4v) is 1.90. The van der Waals surface area contributed by atoms with Gasteiger partial charge in [0, 0.05) is 6.04 Å². The Labute approximate surface area is 113 Å². The summed E-state index contributed by atoms with van der Waals surface area (Å²) in [5.41, 5.74) is 0.715. The maximum absolute atomic E-state index is 12.0. The van der Waals surface area contributed by atoms with Crippen LogP contribution in [0.3, 0.4) is 0 Å². The van der Waals surface area contributed by atoms with Gasteiger partial charge in [0.15, 0.2) is 0 Å². The third-order valence-corrected chi connectivity index (χ3v) is 3.11. The molecule has 1 atom stereocenters. The normalized spacial score (nSPS) is 12.3. The van der Waals surface area contributed by atoms with Crippen LogP contribution in [0.5, 0.6) is 0 Å². The van der Waals surface area contributed by atoms with Gasteiger partial charge in [0.25, 0.3) is 5.91 Å². The lowest BCUT2D eigenvalue weighted by atomic mass is 10.0. The molecule has 2 N–H and O–H groups in total. The van der Waals surface area contributed by atoms with E-state index in [1.807, 2.05) is 20.8 Å². The molecular formula is C14H20N2O3. The molecule has 1 rings (SSSR count). The molecule has 1 aromatic rings. The van der Waals surface area contributed by atoms with E-state index in [9.17, 15) is 9.59 Å². The van der Waals surface area contributed by atoms with Gasteiger partial charge in [-0.15, -0.1) is 0 Å². The molecular weight excluding hydrogens is 244 g/mol. The average Bonchev–Trinajstić information content (AvgIpc) is 2.34. The molecule has 1 aromatic heterocycles. The predicted molar refractivity (Wildman–Crippen MR) is 72.3 cm³/mol. The van der Waals surface area contributed by atoms with Gasteiger partial charge in [0.1, 0.15) is 5.69 Å². The van der Waals surface area contributed by atoms with Crippen LogP contribution in [0.25, 0.3) is 0 Å². The van der Waals surface area contributed by atoms with Crippen molar-refractivity contribution in [2.24, 2.45) is 5.92 Å². The van der Waals surface area contributed by atoms with Crippen molar-refractivity contribution in [3.8, 4) is 0 Å². The summed E-state index contributed by atoms with van der Waals surface area (Å²) in [7, 11) is 0. The van der Waals surface area contributed by atoms with Crippen LogP contribution < -0.4 is 5.32 Å². The van der Waals surface area contributed by atoms with Crippen molar-refractivity contribution in [2.75, 3.05) is 0 Å². The first-order valence-corrected chi connectivity index (χ1v) is 6.38. The highest BCUT2D eigenvalue weighted by atomic mass is 16.4.